The van der Waals surface area contributed by atoms with Gasteiger partial charge in [-0.25, -0.2) is 16.8 Å². The van der Waals surface area contributed by atoms with E-state index in [0.29, 0.717) is 0 Å². The Bertz CT molecular complexity index is 552. The van der Waals surface area contributed by atoms with Crippen LogP contribution in [-0.2, 0) is 19.7 Å². The topological polar surface area (TPSA) is 109 Å². The van der Waals surface area contributed by atoms with E-state index in [1.165, 1.54) is 18.2 Å². The average molecular weight is 294 g/mol. The van der Waals surface area contributed by atoms with Crippen LogP contribution >= 0.6 is 0 Å². The Labute approximate surface area is 106 Å². The summed E-state index contributed by atoms with van der Waals surface area (Å²) in [5.41, 5.74) is 0. The Morgan fingerprint density at radius 3 is 1.56 bits per heavy atom. The standard InChI is InChI=1S/C10H14O6S2/c11-4-6-17(13,14)9-2-1-3-10(8-9)18(15,16)7-5-12/h1-3,8,11-12H,4-7H2. The maximum absolute atomic E-state index is 11.7. The molecule has 0 amide bonds. The SMILES string of the molecule is O=S(=O)(CCO)c1cccc(S(=O)(=O)CCO)c1. The lowest BCUT2D eigenvalue weighted by Crippen LogP contribution is -2.13. The van der Waals surface area contributed by atoms with Crippen LogP contribution in [0.2, 0.25) is 0 Å². The molecular formula is C10H14O6S2. The lowest BCUT2D eigenvalue weighted by Gasteiger charge is -2.06. The van der Waals surface area contributed by atoms with Gasteiger partial charge < -0.3 is 10.2 Å². The summed E-state index contributed by atoms with van der Waals surface area (Å²) in [6, 6.07) is 4.89. The third-order valence-corrected chi connectivity index (χ3v) is 5.63. The second-order valence-corrected chi connectivity index (χ2v) is 7.78. The number of aliphatic hydroxyl groups is 2. The minimum atomic E-state index is -3.69. The molecule has 0 aliphatic carbocycles. The van der Waals surface area contributed by atoms with Gasteiger partial charge in [0.1, 0.15) is 0 Å². The average Bonchev–Trinajstić information content (AvgIpc) is 2.29. The maximum Gasteiger partial charge on any atom is 0.180 e. The molecule has 0 aromatic heterocycles. The highest BCUT2D eigenvalue weighted by Gasteiger charge is 2.19. The summed E-state index contributed by atoms with van der Waals surface area (Å²) >= 11 is 0. The quantitative estimate of drug-likeness (QED) is 0.712. The zero-order valence-corrected chi connectivity index (χ0v) is 11.1. The van der Waals surface area contributed by atoms with E-state index in [9.17, 15) is 16.8 Å². The van der Waals surface area contributed by atoms with Gasteiger partial charge >= 0.3 is 0 Å². The molecule has 0 heterocycles. The fourth-order valence-corrected chi connectivity index (χ4v) is 3.55. The van der Waals surface area contributed by atoms with Gasteiger partial charge in [0.15, 0.2) is 19.7 Å². The van der Waals surface area contributed by atoms with Gasteiger partial charge in [-0.1, -0.05) is 6.07 Å². The van der Waals surface area contributed by atoms with Crippen molar-refractivity contribution in [3.8, 4) is 0 Å². The Morgan fingerprint density at radius 1 is 0.833 bits per heavy atom. The molecule has 6 nitrogen and oxygen atoms in total. The smallest absolute Gasteiger partial charge is 0.180 e. The molecule has 102 valence electrons. The predicted octanol–water partition coefficient (Wildman–Crippen LogP) is -0.781. The molecule has 1 aromatic rings. The molecule has 0 spiro atoms. The first-order chi connectivity index (χ1) is 8.33. The van der Waals surface area contributed by atoms with Crippen LogP contribution in [0.4, 0.5) is 0 Å². The van der Waals surface area contributed by atoms with Gasteiger partial charge in [-0.2, -0.15) is 0 Å². The van der Waals surface area contributed by atoms with Crippen LogP contribution in [0.15, 0.2) is 34.1 Å². The van der Waals surface area contributed by atoms with E-state index in [0.717, 1.165) is 6.07 Å². The minimum absolute atomic E-state index is 0.157. The highest BCUT2D eigenvalue weighted by Crippen LogP contribution is 2.17. The van der Waals surface area contributed by atoms with E-state index in [1.54, 1.807) is 0 Å². The van der Waals surface area contributed by atoms with Crippen molar-refractivity contribution in [1.82, 2.24) is 0 Å². The summed E-state index contributed by atoms with van der Waals surface area (Å²) in [7, 11) is -7.37. The molecule has 0 saturated heterocycles. The van der Waals surface area contributed by atoms with Gasteiger partial charge in [0.2, 0.25) is 0 Å². The third-order valence-electron chi connectivity index (χ3n) is 2.24. The zero-order valence-electron chi connectivity index (χ0n) is 9.48. The normalized spacial score (nSPS) is 12.6. The molecule has 0 unspecified atom stereocenters. The second kappa shape index (κ2) is 5.79. The summed E-state index contributed by atoms with van der Waals surface area (Å²) in [6.45, 7) is -1.06. The van der Waals surface area contributed by atoms with Crippen LogP contribution in [-0.4, -0.2) is 51.8 Å². The molecule has 0 aliphatic rings. The molecule has 1 aromatic carbocycles. The van der Waals surface area contributed by atoms with Crippen molar-refractivity contribution in [3.05, 3.63) is 24.3 Å². The zero-order chi connectivity index (χ0) is 13.8. The van der Waals surface area contributed by atoms with Gasteiger partial charge in [-0.15, -0.1) is 0 Å². The van der Waals surface area contributed by atoms with Crippen molar-refractivity contribution in [3.63, 3.8) is 0 Å². The van der Waals surface area contributed by atoms with Gasteiger partial charge in [-0.3, -0.25) is 0 Å². The Kier molecular flexibility index (Phi) is 4.85. The van der Waals surface area contributed by atoms with Crippen molar-refractivity contribution in [2.24, 2.45) is 0 Å². The van der Waals surface area contributed by atoms with E-state index in [2.05, 4.69) is 0 Å². The van der Waals surface area contributed by atoms with Crippen molar-refractivity contribution in [1.29, 1.82) is 0 Å². The van der Waals surface area contributed by atoms with E-state index >= 15 is 0 Å². The number of hydrogen-bond donors (Lipinski definition) is 2. The van der Waals surface area contributed by atoms with Crippen molar-refractivity contribution in [2.45, 2.75) is 9.79 Å². The van der Waals surface area contributed by atoms with E-state index in [4.69, 9.17) is 10.2 Å². The minimum Gasteiger partial charge on any atom is -0.395 e. The van der Waals surface area contributed by atoms with Crippen LogP contribution in [0.5, 0.6) is 0 Å². The van der Waals surface area contributed by atoms with Crippen molar-refractivity contribution in [2.75, 3.05) is 24.7 Å². The fraction of sp³-hybridized carbons (Fsp3) is 0.400. The molecule has 0 atom stereocenters. The van der Waals surface area contributed by atoms with Gasteiger partial charge in [0.25, 0.3) is 0 Å². The molecule has 18 heavy (non-hydrogen) atoms. The van der Waals surface area contributed by atoms with Crippen LogP contribution < -0.4 is 0 Å². The first-order valence-corrected chi connectivity index (χ1v) is 8.41. The lowest BCUT2D eigenvalue weighted by atomic mass is 10.4. The maximum atomic E-state index is 11.7. The number of sulfone groups is 2. The highest BCUT2D eigenvalue weighted by atomic mass is 32.2. The largest absolute Gasteiger partial charge is 0.395 e. The van der Waals surface area contributed by atoms with Gasteiger partial charge in [-0.05, 0) is 18.2 Å². The number of aliphatic hydroxyl groups excluding tert-OH is 2. The molecular weight excluding hydrogens is 280 g/mol. The second-order valence-electron chi connectivity index (χ2n) is 3.56. The summed E-state index contributed by atoms with van der Waals surface area (Å²) in [4.78, 5) is -0.314. The Balaban J connectivity index is 3.23. The first kappa shape index (κ1) is 15.1. The Morgan fingerprint density at radius 2 is 1.22 bits per heavy atom. The monoisotopic (exact) mass is 294 g/mol. The molecule has 0 fully saturated rings. The molecule has 2 N–H and O–H groups in total. The summed E-state index contributed by atoms with van der Waals surface area (Å²) in [5.74, 6) is -0.924. The van der Waals surface area contributed by atoms with Crippen LogP contribution in [0.3, 0.4) is 0 Å². The predicted molar refractivity (Wildman–Crippen MR) is 64.7 cm³/mol. The number of benzene rings is 1. The molecule has 0 radical (unpaired) electrons. The molecule has 0 bridgehead atoms. The molecule has 0 saturated carbocycles. The third kappa shape index (κ3) is 3.52. The molecule has 0 aliphatic heterocycles. The highest BCUT2D eigenvalue weighted by molar-refractivity contribution is 7.92. The van der Waals surface area contributed by atoms with E-state index in [1.807, 2.05) is 0 Å². The number of rotatable bonds is 6. The van der Waals surface area contributed by atoms with E-state index < -0.39 is 44.4 Å². The first-order valence-electron chi connectivity index (χ1n) is 5.11. The van der Waals surface area contributed by atoms with Crippen LogP contribution in [0.1, 0.15) is 0 Å². The summed E-state index contributed by atoms with van der Waals surface area (Å²) in [5, 5.41) is 17.3. The molecule has 8 heteroatoms. The number of hydrogen-bond acceptors (Lipinski definition) is 6. The van der Waals surface area contributed by atoms with E-state index in [-0.39, 0.29) is 9.79 Å². The molecule has 1 rings (SSSR count). The lowest BCUT2D eigenvalue weighted by molar-refractivity contribution is 0.319. The summed E-state index contributed by atoms with van der Waals surface area (Å²) in [6.07, 6.45) is 0. The van der Waals surface area contributed by atoms with Gasteiger partial charge in [0, 0.05) is 0 Å². The van der Waals surface area contributed by atoms with Crippen molar-refractivity contribution >= 4 is 19.7 Å². The van der Waals surface area contributed by atoms with Crippen LogP contribution in [0.25, 0.3) is 0 Å². The fourth-order valence-electron chi connectivity index (χ4n) is 1.34. The van der Waals surface area contributed by atoms with Crippen molar-refractivity contribution < 1.29 is 27.0 Å². The Hall–Kier alpha value is -0.960. The van der Waals surface area contributed by atoms with Gasteiger partial charge in [0.05, 0.1) is 34.5 Å². The van der Waals surface area contributed by atoms with Crippen LogP contribution in [0, 0.1) is 0 Å². The summed E-state index contributed by atoms with van der Waals surface area (Å²) < 4.78 is 46.7.